The van der Waals surface area contributed by atoms with Crippen LogP contribution in [0.1, 0.15) is 46.1 Å². The van der Waals surface area contributed by atoms with E-state index >= 15 is 0 Å². The molecule has 1 aliphatic rings. The van der Waals surface area contributed by atoms with E-state index in [1.807, 2.05) is 17.0 Å². The number of rotatable bonds is 14. The number of benzene rings is 1. The number of likely N-dealkylation sites (N-methyl/N-ethyl adjacent to an activating group) is 1. The van der Waals surface area contributed by atoms with Gasteiger partial charge in [-0.2, -0.15) is 0 Å². The van der Waals surface area contributed by atoms with Crippen molar-refractivity contribution in [2.75, 3.05) is 57.5 Å². The van der Waals surface area contributed by atoms with E-state index in [1.165, 1.54) is 5.56 Å². The Labute approximate surface area is 218 Å². The van der Waals surface area contributed by atoms with Crippen molar-refractivity contribution >= 4 is 23.2 Å². The number of hydrogen-bond donors (Lipinski definition) is 0. The third-order valence-corrected chi connectivity index (χ3v) is 7.25. The Morgan fingerprint density at radius 2 is 2.09 bits per heavy atom. The average molecular weight is 505 g/mol. The van der Waals surface area contributed by atoms with E-state index in [-0.39, 0.29) is 17.9 Å². The number of allylic oxidation sites excluding steroid dienone is 1. The normalized spacial score (nSPS) is 18.3. The molecular formula is C29H45ClN2O3. The van der Waals surface area contributed by atoms with Gasteiger partial charge in [0.2, 0.25) is 0 Å². The van der Waals surface area contributed by atoms with Crippen molar-refractivity contribution < 1.29 is 14.3 Å². The fraction of sp³-hybridized carbons (Fsp3) is 0.621. The van der Waals surface area contributed by atoms with Crippen LogP contribution < -0.4 is 4.90 Å². The van der Waals surface area contributed by atoms with E-state index < -0.39 is 0 Å². The number of anilines is 1. The van der Waals surface area contributed by atoms with Crippen molar-refractivity contribution in [3.05, 3.63) is 53.6 Å². The molecule has 6 heteroatoms. The maximum Gasteiger partial charge on any atom is 0.252 e. The number of aryl methyl sites for hydroxylation is 1. The third kappa shape index (κ3) is 10.5. The summed E-state index contributed by atoms with van der Waals surface area (Å²) in [4.78, 5) is 16.9. The predicted molar refractivity (Wildman–Crippen MR) is 147 cm³/mol. The zero-order chi connectivity index (χ0) is 25.8. The van der Waals surface area contributed by atoms with Crippen molar-refractivity contribution in [1.29, 1.82) is 0 Å². The van der Waals surface area contributed by atoms with Crippen LogP contribution in [0.15, 0.2) is 48.0 Å². The molecule has 2 unspecified atom stereocenters. The first-order valence-electron chi connectivity index (χ1n) is 12.9. The van der Waals surface area contributed by atoms with Crippen molar-refractivity contribution in [2.24, 2.45) is 17.3 Å². The van der Waals surface area contributed by atoms with Gasteiger partial charge in [0.15, 0.2) is 0 Å². The molecule has 1 amide bonds. The minimum Gasteiger partial charge on any atom is -0.376 e. The van der Waals surface area contributed by atoms with E-state index in [2.05, 4.69) is 70.4 Å². The summed E-state index contributed by atoms with van der Waals surface area (Å²) in [5, 5.41) is 0.542. The topological polar surface area (TPSA) is 42.0 Å². The van der Waals surface area contributed by atoms with Gasteiger partial charge in [0.1, 0.15) is 6.61 Å². The lowest BCUT2D eigenvalue weighted by molar-refractivity contribution is -0.122. The highest BCUT2D eigenvalue weighted by atomic mass is 35.5. The second-order valence-corrected chi connectivity index (χ2v) is 11.0. The fourth-order valence-electron chi connectivity index (χ4n) is 4.12. The van der Waals surface area contributed by atoms with Crippen molar-refractivity contribution in [2.45, 2.75) is 47.5 Å². The summed E-state index contributed by atoms with van der Waals surface area (Å²) in [7, 11) is 0. The van der Waals surface area contributed by atoms with Gasteiger partial charge in [0, 0.05) is 36.3 Å². The van der Waals surface area contributed by atoms with Crippen LogP contribution in [0.3, 0.4) is 0 Å². The summed E-state index contributed by atoms with van der Waals surface area (Å²) in [5.41, 5.74) is 2.30. The fourth-order valence-corrected chi connectivity index (χ4v) is 4.19. The van der Waals surface area contributed by atoms with Crippen LogP contribution >= 0.6 is 11.6 Å². The highest BCUT2D eigenvalue weighted by Gasteiger charge is 2.26. The molecule has 1 saturated heterocycles. The summed E-state index contributed by atoms with van der Waals surface area (Å²) in [6.07, 6.45) is 6.60. The minimum atomic E-state index is 0.0428. The quantitative estimate of drug-likeness (QED) is 0.228. The summed E-state index contributed by atoms with van der Waals surface area (Å²) >= 11 is 5.77. The SMILES string of the molecule is C=C(Cl)COCCC(C)(C)C(C)/C=C/CN(CC)CCC1COCC(=O)N(c2ccc(C)cc2)C1. The second kappa shape index (κ2) is 14.8. The zero-order valence-corrected chi connectivity index (χ0v) is 23.2. The lowest BCUT2D eigenvalue weighted by Gasteiger charge is -2.30. The molecule has 0 N–H and O–H groups in total. The van der Waals surface area contributed by atoms with Crippen LogP contribution in [0.25, 0.3) is 0 Å². The summed E-state index contributed by atoms with van der Waals surface area (Å²) in [5.74, 6) is 0.803. The summed E-state index contributed by atoms with van der Waals surface area (Å²) in [6, 6.07) is 8.17. The van der Waals surface area contributed by atoms with E-state index in [9.17, 15) is 4.79 Å². The first-order valence-corrected chi connectivity index (χ1v) is 13.2. The van der Waals surface area contributed by atoms with E-state index in [4.69, 9.17) is 21.1 Å². The lowest BCUT2D eigenvalue weighted by atomic mass is 9.77. The van der Waals surface area contributed by atoms with Gasteiger partial charge in [-0.1, -0.05) is 75.7 Å². The number of halogens is 1. The van der Waals surface area contributed by atoms with Gasteiger partial charge in [0.25, 0.3) is 5.91 Å². The van der Waals surface area contributed by atoms with Crippen molar-refractivity contribution in [1.82, 2.24) is 4.90 Å². The van der Waals surface area contributed by atoms with Crippen LogP contribution in [-0.4, -0.2) is 63.4 Å². The molecule has 2 atom stereocenters. The third-order valence-electron chi connectivity index (χ3n) is 7.14. The van der Waals surface area contributed by atoms with Gasteiger partial charge in [-0.3, -0.25) is 9.69 Å². The first kappa shape index (κ1) is 29.6. The average Bonchev–Trinajstić information content (AvgIpc) is 3.00. The molecule has 0 radical (unpaired) electrons. The Kier molecular flexibility index (Phi) is 12.5. The summed E-state index contributed by atoms with van der Waals surface area (Å²) < 4.78 is 11.3. The Morgan fingerprint density at radius 1 is 1.37 bits per heavy atom. The maximum atomic E-state index is 12.6. The highest BCUT2D eigenvalue weighted by molar-refractivity contribution is 6.29. The van der Waals surface area contributed by atoms with Crippen LogP contribution in [0.5, 0.6) is 0 Å². The first-order chi connectivity index (χ1) is 16.6. The molecule has 1 heterocycles. The van der Waals surface area contributed by atoms with Gasteiger partial charge in [-0.25, -0.2) is 0 Å². The van der Waals surface area contributed by atoms with Gasteiger partial charge in [-0.05, 0) is 56.3 Å². The molecule has 35 heavy (non-hydrogen) atoms. The highest BCUT2D eigenvalue weighted by Crippen LogP contribution is 2.31. The Balaban J connectivity index is 1.83. The number of amides is 1. The molecule has 0 aliphatic carbocycles. The van der Waals surface area contributed by atoms with Crippen LogP contribution in [0.4, 0.5) is 5.69 Å². The zero-order valence-electron chi connectivity index (χ0n) is 22.4. The number of carbonyl (C=O) groups is 1. The Bertz CT molecular complexity index is 822. The van der Waals surface area contributed by atoms with Crippen LogP contribution in [-0.2, 0) is 14.3 Å². The standard InChI is InChI=1S/C29H45ClN2O3/c1-7-31(16-8-9-24(3)29(5,6)15-18-34-20-25(4)30)17-14-26-19-32(28(33)22-35-21-26)27-12-10-23(2)11-13-27/h8-13,24,26H,4,7,14-22H2,1-3,5-6H3/b9-8+. The number of hydrogen-bond acceptors (Lipinski definition) is 4. The maximum absolute atomic E-state index is 12.6. The monoisotopic (exact) mass is 504 g/mol. The lowest BCUT2D eigenvalue weighted by Crippen LogP contribution is -2.36. The smallest absolute Gasteiger partial charge is 0.252 e. The van der Waals surface area contributed by atoms with Gasteiger partial charge >= 0.3 is 0 Å². The summed E-state index contributed by atoms with van der Waals surface area (Å²) in [6.45, 7) is 20.3. The molecule has 0 saturated carbocycles. The molecular weight excluding hydrogens is 460 g/mol. The second-order valence-electron chi connectivity index (χ2n) is 10.4. The number of ether oxygens (including phenoxy) is 2. The molecule has 1 aromatic rings. The van der Waals surface area contributed by atoms with Crippen molar-refractivity contribution in [3.63, 3.8) is 0 Å². The van der Waals surface area contributed by atoms with E-state index in [1.54, 1.807) is 0 Å². The van der Waals surface area contributed by atoms with Crippen LogP contribution in [0, 0.1) is 24.2 Å². The molecule has 1 fully saturated rings. The molecule has 0 spiro atoms. The van der Waals surface area contributed by atoms with Crippen LogP contribution in [0.2, 0.25) is 0 Å². The molecule has 0 bridgehead atoms. The Morgan fingerprint density at radius 3 is 2.74 bits per heavy atom. The van der Waals surface area contributed by atoms with E-state index in [0.29, 0.717) is 43.2 Å². The van der Waals surface area contributed by atoms with Crippen molar-refractivity contribution in [3.8, 4) is 0 Å². The molecule has 1 aromatic carbocycles. The number of carbonyl (C=O) groups excluding carboxylic acids is 1. The largest absolute Gasteiger partial charge is 0.376 e. The molecule has 5 nitrogen and oxygen atoms in total. The molecule has 196 valence electrons. The molecule has 2 rings (SSSR count). The predicted octanol–water partition coefficient (Wildman–Crippen LogP) is 6.06. The van der Waals surface area contributed by atoms with Gasteiger partial charge in [0.05, 0.1) is 13.2 Å². The molecule has 1 aliphatic heterocycles. The number of nitrogens with zero attached hydrogens (tertiary/aromatic N) is 2. The minimum absolute atomic E-state index is 0.0428. The molecule has 0 aromatic heterocycles. The van der Waals surface area contributed by atoms with Gasteiger partial charge in [-0.15, -0.1) is 0 Å². The Hall–Kier alpha value is -1.66. The van der Waals surface area contributed by atoms with E-state index in [0.717, 1.165) is 38.2 Å². The van der Waals surface area contributed by atoms with Gasteiger partial charge < -0.3 is 14.4 Å².